The molecule has 2 unspecified atom stereocenters. The van der Waals surface area contributed by atoms with Gasteiger partial charge in [0.15, 0.2) is 0 Å². The summed E-state index contributed by atoms with van der Waals surface area (Å²) in [6.07, 6.45) is 5.01. The predicted octanol–water partition coefficient (Wildman–Crippen LogP) is 6.73. The molecule has 2 aliphatic rings. The molecule has 0 amide bonds. The van der Waals surface area contributed by atoms with Crippen LogP contribution in [0.2, 0.25) is 0 Å². The number of halogens is 2. The fourth-order valence-electron chi connectivity index (χ4n) is 5.42. The molecule has 2 aromatic rings. The zero-order valence-electron chi connectivity index (χ0n) is 20.0. The Balaban J connectivity index is 0.00000181. The van der Waals surface area contributed by atoms with Gasteiger partial charge < -0.3 is 0 Å². The first-order valence-corrected chi connectivity index (χ1v) is 19.6. The minimum Gasteiger partial charge on any atom is -0.147 e. The van der Waals surface area contributed by atoms with Crippen LogP contribution in [0, 0.1) is 11.8 Å². The molecule has 2 aliphatic carbocycles. The van der Waals surface area contributed by atoms with Gasteiger partial charge in [-0.25, -0.2) is 0 Å². The van der Waals surface area contributed by atoms with Crippen LogP contribution in [0.5, 0.6) is 0 Å². The van der Waals surface area contributed by atoms with Crippen LogP contribution in [0.25, 0.3) is 0 Å². The van der Waals surface area contributed by atoms with Gasteiger partial charge >= 0.3 is 192 Å². The van der Waals surface area contributed by atoms with Crippen LogP contribution in [-0.4, -0.2) is 5.92 Å². The summed E-state index contributed by atoms with van der Waals surface area (Å²) >= 11 is -2.22. The first-order valence-electron chi connectivity index (χ1n) is 11.2. The molecule has 0 radical (unpaired) electrons. The molecule has 2 atom stereocenters. The predicted molar refractivity (Wildman–Crippen MR) is 145 cm³/mol. The molecule has 0 spiro atoms. The number of rotatable bonds is 5. The van der Waals surface area contributed by atoms with Crippen molar-refractivity contribution in [2.24, 2.45) is 11.8 Å². The number of allylic oxidation sites excluding steroid dienone is 8. The van der Waals surface area contributed by atoms with E-state index < -0.39 is 26.8 Å². The molecule has 0 saturated heterocycles. The Hall–Kier alpha value is -0.920. The van der Waals surface area contributed by atoms with Crippen molar-refractivity contribution in [1.29, 1.82) is 0 Å². The van der Waals surface area contributed by atoms with Gasteiger partial charge in [0.05, 0.1) is 0 Å². The maximum absolute atomic E-state index is 2.53. The van der Waals surface area contributed by atoms with E-state index in [4.69, 9.17) is 0 Å². The molecular weight excluding hydrogens is 527 g/mol. The van der Waals surface area contributed by atoms with E-state index in [1.807, 2.05) is 6.56 Å². The number of hydrogen-bond acceptors (Lipinski definition) is 0. The summed E-state index contributed by atoms with van der Waals surface area (Å²) in [5.41, 5.74) is 6.26. The van der Waals surface area contributed by atoms with Crippen LogP contribution in [-0.2, 0) is 20.9 Å². The molecule has 0 saturated carbocycles. The van der Waals surface area contributed by atoms with E-state index in [2.05, 4.69) is 114 Å². The molecule has 4 rings (SSSR count). The maximum atomic E-state index is 2.53. The Kier molecular flexibility index (Phi) is 9.80. The van der Waals surface area contributed by atoms with E-state index in [0.29, 0.717) is 11.8 Å². The summed E-state index contributed by atoms with van der Waals surface area (Å²) in [5.74, 6) is -0.166. The van der Waals surface area contributed by atoms with Gasteiger partial charge in [-0.2, -0.15) is 0 Å². The van der Waals surface area contributed by atoms with Gasteiger partial charge in [-0.1, -0.05) is 0 Å². The van der Waals surface area contributed by atoms with Crippen LogP contribution in [0.1, 0.15) is 41.5 Å². The van der Waals surface area contributed by atoms with Crippen LogP contribution in [0.3, 0.4) is 0 Å². The van der Waals surface area contributed by atoms with Crippen molar-refractivity contribution < 1.29 is 20.9 Å². The minimum absolute atomic E-state index is 0. The van der Waals surface area contributed by atoms with Gasteiger partial charge in [-0.15, -0.1) is 24.8 Å². The third-order valence-corrected chi connectivity index (χ3v) is 29.5. The molecule has 32 heavy (non-hydrogen) atoms. The summed E-state index contributed by atoms with van der Waals surface area (Å²) in [7, 11) is 0. The van der Waals surface area contributed by atoms with Gasteiger partial charge in [0, 0.05) is 0 Å². The van der Waals surface area contributed by atoms with Gasteiger partial charge in [-0.05, 0) is 0 Å². The molecule has 0 heterocycles. The van der Waals surface area contributed by atoms with Crippen LogP contribution in [0.4, 0.5) is 0 Å². The summed E-state index contributed by atoms with van der Waals surface area (Å²) in [5, 5.41) is 3.26. The first-order chi connectivity index (χ1) is 14.4. The fraction of sp³-hybridized carbons (Fsp3) is 0.286. The van der Waals surface area contributed by atoms with Crippen molar-refractivity contribution in [2.45, 2.75) is 41.5 Å². The molecule has 0 fully saturated rings. The smallest absolute Gasteiger partial charge is 0.147 e. The molecular formula is C28H35Cl2SiZr. The van der Waals surface area contributed by atoms with E-state index in [9.17, 15) is 0 Å². The Bertz CT molecular complexity index is 1030. The van der Waals surface area contributed by atoms with Crippen LogP contribution < -0.4 is 10.4 Å². The standard InChI is InChI=1S/C12H11Si.2C8H11.2ClH.Zr/c1-3-7-11(8-4-1)13-12-9-5-2-6-10-12;2*1-6-4-7(2)8(3)5-6;;;/h1-10,13H;4,8H,1-3H3;4,6H,1-3H3;2*1H;. The summed E-state index contributed by atoms with van der Waals surface area (Å²) in [4.78, 5) is 0. The summed E-state index contributed by atoms with van der Waals surface area (Å²) < 4.78 is 3.73. The van der Waals surface area contributed by atoms with Crippen molar-refractivity contribution in [3.8, 4) is 0 Å². The average Bonchev–Trinajstić information content (AvgIpc) is 3.14. The molecule has 0 nitrogen and oxygen atoms in total. The molecule has 0 N–H and O–H groups in total. The number of hydrogen-bond donors (Lipinski definition) is 0. The van der Waals surface area contributed by atoms with Crippen molar-refractivity contribution in [2.75, 3.05) is 0 Å². The molecule has 2 aromatic carbocycles. The normalized spacial score (nSPS) is 20.1. The third-order valence-electron chi connectivity index (χ3n) is 7.07. The monoisotopic (exact) mass is 559 g/mol. The second-order valence-electron chi connectivity index (χ2n) is 9.05. The van der Waals surface area contributed by atoms with Crippen molar-refractivity contribution in [3.05, 3.63) is 102 Å². The SMILES string of the molecule is CC1=CC(C)[C]([Zr]([C]2=C(C)C=C(C)C2C)[SiH](c2ccccc2)c2ccccc2)=C1C.Cl.Cl. The zero-order chi connectivity index (χ0) is 21.4. The Morgan fingerprint density at radius 3 is 1.59 bits per heavy atom. The van der Waals surface area contributed by atoms with Gasteiger partial charge in [-0.3, -0.25) is 0 Å². The van der Waals surface area contributed by atoms with Crippen molar-refractivity contribution in [1.82, 2.24) is 0 Å². The second-order valence-corrected chi connectivity index (χ2v) is 23.6. The average molecular weight is 562 g/mol. The molecule has 4 heteroatoms. The molecule has 0 aliphatic heterocycles. The quantitative estimate of drug-likeness (QED) is 0.355. The minimum atomic E-state index is -2.22. The van der Waals surface area contributed by atoms with E-state index in [-0.39, 0.29) is 24.8 Å². The fourth-order valence-corrected chi connectivity index (χ4v) is 32.8. The van der Waals surface area contributed by atoms with Gasteiger partial charge in [0.2, 0.25) is 0 Å². The van der Waals surface area contributed by atoms with Gasteiger partial charge in [0.1, 0.15) is 0 Å². The van der Waals surface area contributed by atoms with Gasteiger partial charge in [0.25, 0.3) is 0 Å². The molecule has 0 bridgehead atoms. The Morgan fingerprint density at radius 1 is 0.719 bits per heavy atom. The van der Waals surface area contributed by atoms with Crippen LogP contribution in [0.15, 0.2) is 102 Å². The van der Waals surface area contributed by atoms with Crippen LogP contribution >= 0.6 is 24.8 Å². The summed E-state index contributed by atoms with van der Waals surface area (Å²) in [6, 6.07) is 23.1. The maximum Gasteiger partial charge on any atom is -0.147 e. The van der Waals surface area contributed by atoms with E-state index in [0.717, 1.165) is 0 Å². The largest absolute Gasteiger partial charge is 0.147 e. The third kappa shape index (κ3) is 5.10. The first kappa shape index (κ1) is 27.3. The molecule has 169 valence electrons. The van der Waals surface area contributed by atoms with Crippen molar-refractivity contribution in [3.63, 3.8) is 0 Å². The molecule has 0 aromatic heterocycles. The Labute approximate surface area is 215 Å². The summed E-state index contributed by atoms with van der Waals surface area (Å²) in [6.45, 7) is 14.4. The zero-order valence-corrected chi connectivity index (χ0v) is 25.2. The second kappa shape index (κ2) is 11.5. The topological polar surface area (TPSA) is 0 Å². The van der Waals surface area contributed by atoms with E-state index in [1.165, 1.54) is 5.57 Å². The van der Waals surface area contributed by atoms with E-state index in [1.54, 1.807) is 27.1 Å². The van der Waals surface area contributed by atoms with Crippen molar-refractivity contribution >= 4 is 41.1 Å². The Morgan fingerprint density at radius 2 is 1.22 bits per heavy atom. The number of benzene rings is 2. The van der Waals surface area contributed by atoms with E-state index >= 15 is 0 Å².